The maximum atomic E-state index is 13.8. The molecule has 27 heavy (non-hydrogen) atoms. The molecule has 0 heterocycles. The van der Waals surface area contributed by atoms with Gasteiger partial charge in [-0.1, -0.05) is 24.3 Å². The van der Waals surface area contributed by atoms with E-state index in [4.69, 9.17) is 15.3 Å². The molecule has 9 heteroatoms. The van der Waals surface area contributed by atoms with Crippen molar-refractivity contribution < 1.29 is 26.7 Å². The number of benzene rings is 2. The highest BCUT2D eigenvalue weighted by molar-refractivity contribution is 5.58. The van der Waals surface area contributed by atoms with E-state index in [-0.39, 0.29) is 11.4 Å². The third-order valence-electron chi connectivity index (χ3n) is 3.23. The molecule has 0 spiro atoms. The predicted molar refractivity (Wildman–Crippen MR) is 85.8 cm³/mol. The molecule has 0 bridgehead atoms. The molecule has 0 atom stereocenters. The highest BCUT2D eigenvalue weighted by Crippen LogP contribution is 2.42. The Morgan fingerprint density at radius 2 is 1.44 bits per heavy atom. The van der Waals surface area contributed by atoms with Gasteiger partial charge in [-0.15, -0.1) is 0 Å². The first kappa shape index (κ1) is 19.7. The topological polar surface area (TPSA) is 68.8 Å². The lowest BCUT2D eigenvalue weighted by Gasteiger charge is -2.23. The van der Waals surface area contributed by atoms with E-state index in [1.54, 1.807) is 30.3 Å². The molecule has 0 aliphatic heterocycles. The molecule has 0 saturated heterocycles. The minimum Gasteiger partial charge on any atom is -0.457 e. The van der Waals surface area contributed by atoms with Crippen molar-refractivity contribution in [3.05, 3.63) is 65.9 Å². The van der Waals surface area contributed by atoms with Crippen LogP contribution in [0.3, 0.4) is 0 Å². The summed E-state index contributed by atoms with van der Waals surface area (Å²) in [6.45, 7) is 0. The molecule has 0 fully saturated rings. The maximum Gasteiger partial charge on any atom is 0.459 e. The van der Waals surface area contributed by atoms with Gasteiger partial charge in [-0.3, -0.25) is 0 Å². The minimum atomic E-state index is -5.99. The van der Waals surface area contributed by atoms with E-state index in [0.717, 1.165) is 18.2 Å². The number of halogens is 5. The monoisotopic (exact) mass is 379 g/mol. The van der Waals surface area contributed by atoms with Gasteiger partial charge in [0.15, 0.2) is 5.57 Å². The minimum absolute atomic E-state index is 0.149. The number of anilines is 1. The summed E-state index contributed by atoms with van der Waals surface area (Å²) in [5.41, 5.74) is -3.45. The molecule has 2 aromatic carbocycles. The lowest BCUT2D eigenvalue weighted by molar-refractivity contribution is -0.263. The molecule has 0 amide bonds. The van der Waals surface area contributed by atoms with Gasteiger partial charge in [0.25, 0.3) is 0 Å². The van der Waals surface area contributed by atoms with Crippen molar-refractivity contribution in [1.82, 2.24) is 0 Å². The molecule has 138 valence electrons. The second kappa shape index (κ2) is 7.75. The van der Waals surface area contributed by atoms with Crippen molar-refractivity contribution in [2.24, 2.45) is 0 Å². The van der Waals surface area contributed by atoms with Crippen LogP contribution in [-0.4, -0.2) is 12.1 Å². The van der Waals surface area contributed by atoms with Gasteiger partial charge in [-0.25, -0.2) is 0 Å². The Hall–Kier alpha value is -3.59. The maximum absolute atomic E-state index is 13.8. The largest absolute Gasteiger partial charge is 0.459 e. The third kappa shape index (κ3) is 4.53. The zero-order valence-corrected chi connectivity index (χ0v) is 13.4. The molecule has 4 nitrogen and oxygen atoms in total. The average Bonchev–Trinajstić information content (AvgIpc) is 2.62. The summed E-state index contributed by atoms with van der Waals surface area (Å²) in [4.78, 5) is 0. The van der Waals surface area contributed by atoms with E-state index < -0.39 is 23.4 Å². The lowest BCUT2D eigenvalue weighted by atomic mass is 10.1. The number of nitrogens with zero attached hydrogens (tertiary/aromatic N) is 2. The number of ether oxygens (including phenoxy) is 1. The molecule has 2 aromatic rings. The van der Waals surface area contributed by atoms with Crippen LogP contribution in [0.1, 0.15) is 0 Å². The Morgan fingerprint density at radius 3 is 2.00 bits per heavy atom. The Balaban J connectivity index is 2.40. The summed E-state index contributed by atoms with van der Waals surface area (Å²) < 4.78 is 71.2. The van der Waals surface area contributed by atoms with Gasteiger partial charge < -0.3 is 10.1 Å². The quantitative estimate of drug-likeness (QED) is 0.559. The molecular weight excluding hydrogens is 369 g/mol. The number of nitriles is 2. The second-order valence-corrected chi connectivity index (χ2v) is 5.11. The Bertz CT molecular complexity index is 908. The predicted octanol–water partition coefficient (Wildman–Crippen LogP) is 5.39. The molecule has 0 unspecified atom stereocenters. The number of alkyl halides is 5. The number of hydrogen-bond donors (Lipinski definition) is 1. The van der Waals surface area contributed by atoms with Crippen LogP contribution in [0.5, 0.6) is 11.5 Å². The number of rotatable bonds is 5. The summed E-state index contributed by atoms with van der Waals surface area (Å²) in [6.07, 6.45) is -5.99. The lowest BCUT2D eigenvalue weighted by Crippen LogP contribution is -2.41. The normalized spacial score (nSPS) is 11.1. The summed E-state index contributed by atoms with van der Waals surface area (Å²) in [6, 6.07) is 15.6. The fraction of sp³-hybridized carbons (Fsp3) is 0.111. The van der Waals surface area contributed by atoms with Gasteiger partial charge in [0.2, 0.25) is 0 Å². The van der Waals surface area contributed by atoms with Crippen LogP contribution in [0.15, 0.2) is 65.9 Å². The van der Waals surface area contributed by atoms with Crippen molar-refractivity contribution in [1.29, 1.82) is 10.5 Å². The highest BCUT2D eigenvalue weighted by atomic mass is 19.4. The van der Waals surface area contributed by atoms with E-state index in [1.165, 1.54) is 18.2 Å². The van der Waals surface area contributed by atoms with E-state index in [2.05, 4.69) is 0 Å². The Labute approximate surface area is 150 Å². The first-order chi connectivity index (χ1) is 12.7. The van der Waals surface area contributed by atoms with Crippen molar-refractivity contribution in [2.75, 3.05) is 5.32 Å². The molecule has 1 N–H and O–H groups in total. The van der Waals surface area contributed by atoms with Gasteiger partial charge >= 0.3 is 12.1 Å². The van der Waals surface area contributed by atoms with Crippen LogP contribution in [0.4, 0.5) is 27.6 Å². The molecule has 2 rings (SSSR count). The van der Waals surface area contributed by atoms with Gasteiger partial charge in [-0.2, -0.15) is 32.5 Å². The molecule has 0 aliphatic carbocycles. The molecular formula is C18H10F5N3O. The van der Waals surface area contributed by atoms with E-state index in [0.29, 0.717) is 5.75 Å². The van der Waals surface area contributed by atoms with Crippen molar-refractivity contribution in [2.45, 2.75) is 12.1 Å². The molecule has 0 aromatic heterocycles. The summed E-state index contributed by atoms with van der Waals surface area (Å²) in [5, 5.41) is 19.4. The smallest absolute Gasteiger partial charge is 0.457 e. The van der Waals surface area contributed by atoms with Gasteiger partial charge in [-0.05, 0) is 24.3 Å². The first-order valence-electron chi connectivity index (χ1n) is 7.28. The van der Waals surface area contributed by atoms with E-state index in [1.807, 2.05) is 5.32 Å². The molecule has 0 radical (unpaired) electrons. The van der Waals surface area contributed by atoms with Crippen LogP contribution in [0, 0.1) is 22.7 Å². The van der Waals surface area contributed by atoms with Gasteiger partial charge in [0, 0.05) is 11.8 Å². The molecule has 0 saturated carbocycles. The van der Waals surface area contributed by atoms with Crippen LogP contribution in [0.25, 0.3) is 0 Å². The van der Waals surface area contributed by atoms with Crippen molar-refractivity contribution in [3.8, 4) is 23.6 Å². The second-order valence-electron chi connectivity index (χ2n) is 5.11. The highest BCUT2D eigenvalue weighted by Gasteiger charge is 2.61. The number of para-hydroxylation sites is 1. The van der Waals surface area contributed by atoms with Gasteiger partial charge in [0.05, 0.1) is 0 Å². The standard InChI is InChI=1S/C18H10F5N3O/c19-17(20,18(21,22)23)16(12(10-24)11-25)26-13-5-4-8-15(9-13)27-14-6-2-1-3-7-14/h1-9,26H. The summed E-state index contributed by atoms with van der Waals surface area (Å²) >= 11 is 0. The van der Waals surface area contributed by atoms with Crippen LogP contribution >= 0.6 is 0 Å². The Morgan fingerprint density at radius 1 is 0.852 bits per heavy atom. The van der Waals surface area contributed by atoms with Crippen LogP contribution in [-0.2, 0) is 0 Å². The fourth-order valence-corrected chi connectivity index (χ4v) is 1.98. The fourth-order valence-electron chi connectivity index (χ4n) is 1.98. The van der Waals surface area contributed by atoms with Crippen molar-refractivity contribution in [3.63, 3.8) is 0 Å². The van der Waals surface area contributed by atoms with Crippen LogP contribution < -0.4 is 10.1 Å². The van der Waals surface area contributed by atoms with Crippen molar-refractivity contribution >= 4 is 5.69 Å². The van der Waals surface area contributed by atoms with E-state index >= 15 is 0 Å². The zero-order chi connectivity index (χ0) is 20.1. The van der Waals surface area contributed by atoms with Crippen LogP contribution in [0.2, 0.25) is 0 Å². The summed E-state index contributed by atoms with van der Waals surface area (Å²) in [5.74, 6) is -4.86. The molecule has 0 aliphatic rings. The number of hydrogen-bond acceptors (Lipinski definition) is 4. The first-order valence-corrected chi connectivity index (χ1v) is 7.28. The SMILES string of the molecule is N#CC(C#N)=C(Nc1cccc(Oc2ccccc2)c1)C(F)(F)C(F)(F)F. The Kier molecular flexibility index (Phi) is 5.66. The average molecular weight is 379 g/mol. The third-order valence-corrected chi connectivity index (χ3v) is 3.23. The zero-order valence-electron chi connectivity index (χ0n) is 13.4. The number of allylic oxidation sites excluding steroid dienone is 2. The van der Waals surface area contributed by atoms with E-state index in [9.17, 15) is 22.0 Å². The number of nitrogens with one attached hydrogen (secondary N) is 1. The van der Waals surface area contributed by atoms with Gasteiger partial charge in [0.1, 0.15) is 29.3 Å². The summed E-state index contributed by atoms with van der Waals surface area (Å²) in [7, 11) is 0.